The summed E-state index contributed by atoms with van der Waals surface area (Å²) in [6, 6.07) is 7.43. The highest BCUT2D eigenvalue weighted by Crippen LogP contribution is 2.18. The summed E-state index contributed by atoms with van der Waals surface area (Å²) in [7, 11) is 0. The highest BCUT2D eigenvalue weighted by molar-refractivity contribution is 5.79. The molecule has 0 aliphatic rings. The SMILES string of the molecule is CCc1ccc2cc(CC)c(F)cc2n1. The Bertz CT molecular complexity index is 491. The van der Waals surface area contributed by atoms with Crippen molar-refractivity contribution in [2.24, 2.45) is 0 Å². The molecule has 2 heteroatoms. The molecule has 0 unspecified atom stereocenters. The first-order valence-electron chi connectivity index (χ1n) is 5.32. The molecule has 0 saturated carbocycles. The minimum Gasteiger partial charge on any atom is -0.253 e. The Labute approximate surface area is 89.0 Å². The number of nitrogens with zero attached hydrogens (tertiary/aromatic N) is 1. The normalized spacial score (nSPS) is 10.9. The van der Waals surface area contributed by atoms with Crippen LogP contribution in [0.4, 0.5) is 4.39 Å². The van der Waals surface area contributed by atoms with Gasteiger partial charge in [0.05, 0.1) is 5.52 Å². The molecule has 0 amide bonds. The average Bonchev–Trinajstić information content (AvgIpc) is 2.27. The van der Waals surface area contributed by atoms with E-state index in [1.807, 2.05) is 32.0 Å². The second-order valence-electron chi connectivity index (χ2n) is 3.65. The second kappa shape index (κ2) is 3.97. The van der Waals surface area contributed by atoms with Crippen molar-refractivity contribution in [2.45, 2.75) is 26.7 Å². The van der Waals surface area contributed by atoms with Gasteiger partial charge >= 0.3 is 0 Å². The Hall–Kier alpha value is -1.44. The summed E-state index contributed by atoms with van der Waals surface area (Å²) in [4.78, 5) is 4.39. The van der Waals surface area contributed by atoms with Gasteiger partial charge in [0, 0.05) is 17.1 Å². The predicted octanol–water partition coefficient (Wildman–Crippen LogP) is 3.50. The topological polar surface area (TPSA) is 12.9 Å². The van der Waals surface area contributed by atoms with Gasteiger partial charge in [-0.25, -0.2) is 4.39 Å². The van der Waals surface area contributed by atoms with Gasteiger partial charge in [-0.1, -0.05) is 19.9 Å². The number of aryl methyl sites for hydroxylation is 2. The van der Waals surface area contributed by atoms with E-state index in [1.165, 1.54) is 6.07 Å². The van der Waals surface area contributed by atoms with E-state index < -0.39 is 0 Å². The number of hydrogen-bond acceptors (Lipinski definition) is 1. The fraction of sp³-hybridized carbons (Fsp3) is 0.308. The Morgan fingerprint density at radius 1 is 1.13 bits per heavy atom. The van der Waals surface area contributed by atoms with Crippen LogP contribution in [0.1, 0.15) is 25.1 Å². The number of pyridine rings is 1. The number of rotatable bonds is 2. The highest BCUT2D eigenvalue weighted by Gasteiger charge is 2.04. The van der Waals surface area contributed by atoms with Gasteiger partial charge in [-0.15, -0.1) is 0 Å². The van der Waals surface area contributed by atoms with E-state index in [1.54, 1.807) is 0 Å². The third-order valence-corrected chi connectivity index (χ3v) is 2.66. The van der Waals surface area contributed by atoms with Crippen LogP contribution in [0, 0.1) is 5.82 Å². The van der Waals surface area contributed by atoms with Gasteiger partial charge in [0.25, 0.3) is 0 Å². The maximum atomic E-state index is 13.5. The lowest BCUT2D eigenvalue weighted by Crippen LogP contribution is -1.92. The van der Waals surface area contributed by atoms with Crippen LogP contribution in [0.25, 0.3) is 10.9 Å². The zero-order valence-electron chi connectivity index (χ0n) is 9.05. The molecule has 1 aromatic carbocycles. The van der Waals surface area contributed by atoms with Crippen LogP contribution < -0.4 is 0 Å². The minimum atomic E-state index is -0.147. The quantitative estimate of drug-likeness (QED) is 0.728. The molecule has 78 valence electrons. The zero-order valence-corrected chi connectivity index (χ0v) is 9.05. The van der Waals surface area contributed by atoms with Gasteiger partial charge in [-0.2, -0.15) is 0 Å². The Morgan fingerprint density at radius 2 is 1.93 bits per heavy atom. The minimum absolute atomic E-state index is 0.147. The molecule has 0 N–H and O–H groups in total. The standard InChI is InChI=1S/C13H14FN/c1-3-9-7-10-5-6-11(4-2)15-13(10)8-12(9)14/h5-8H,3-4H2,1-2H3. The summed E-state index contributed by atoms with van der Waals surface area (Å²) in [6.07, 6.45) is 1.60. The first-order chi connectivity index (χ1) is 7.24. The van der Waals surface area contributed by atoms with Crippen LogP contribution in [0.5, 0.6) is 0 Å². The number of aromatic nitrogens is 1. The monoisotopic (exact) mass is 203 g/mol. The summed E-state index contributed by atoms with van der Waals surface area (Å²) < 4.78 is 13.5. The van der Waals surface area contributed by atoms with Crippen molar-refractivity contribution in [3.63, 3.8) is 0 Å². The number of fused-ring (bicyclic) bond motifs is 1. The molecule has 0 fully saturated rings. The average molecular weight is 203 g/mol. The van der Waals surface area contributed by atoms with Crippen LogP contribution in [-0.2, 0) is 12.8 Å². The number of benzene rings is 1. The van der Waals surface area contributed by atoms with Crippen molar-refractivity contribution < 1.29 is 4.39 Å². The van der Waals surface area contributed by atoms with Gasteiger partial charge in [0.15, 0.2) is 0 Å². The molecule has 0 bridgehead atoms. The summed E-state index contributed by atoms with van der Waals surface area (Å²) >= 11 is 0. The smallest absolute Gasteiger partial charge is 0.128 e. The molecule has 0 saturated heterocycles. The third-order valence-electron chi connectivity index (χ3n) is 2.66. The molecule has 15 heavy (non-hydrogen) atoms. The summed E-state index contributed by atoms with van der Waals surface area (Å²) in [5, 5.41) is 1.02. The fourth-order valence-corrected chi connectivity index (χ4v) is 1.70. The van der Waals surface area contributed by atoms with Crippen LogP contribution in [0.2, 0.25) is 0 Å². The molecule has 0 aliphatic carbocycles. The van der Waals surface area contributed by atoms with E-state index in [2.05, 4.69) is 4.98 Å². The fourth-order valence-electron chi connectivity index (χ4n) is 1.70. The third kappa shape index (κ3) is 1.84. The van der Waals surface area contributed by atoms with Gasteiger partial charge in [0.1, 0.15) is 5.82 Å². The van der Waals surface area contributed by atoms with E-state index in [9.17, 15) is 4.39 Å². The summed E-state index contributed by atoms with van der Waals surface area (Å²) in [6.45, 7) is 4.00. The van der Waals surface area contributed by atoms with E-state index >= 15 is 0 Å². The Balaban J connectivity index is 2.65. The molecule has 1 heterocycles. The summed E-state index contributed by atoms with van der Waals surface area (Å²) in [5.41, 5.74) is 2.52. The largest absolute Gasteiger partial charge is 0.253 e. The van der Waals surface area contributed by atoms with Crippen LogP contribution >= 0.6 is 0 Å². The van der Waals surface area contributed by atoms with Gasteiger partial charge < -0.3 is 0 Å². The Morgan fingerprint density at radius 3 is 2.60 bits per heavy atom. The predicted molar refractivity (Wildman–Crippen MR) is 60.5 cm³/mol. The molecule has 1 nitrogen and oxygen atoms in total. The molecule has 0 aliphatic heterocycles. The van der Waals surface area contributed by atoms with Crippen LogP contribution in [0.15, 0.2) is 24.3 Å². The molecule has 1 aromatic heterocycles. The molecule has 2 rings (SSSR count). The van der Waals surface area contributed by atoms with Crippen LogP contribution in [-0.4, -0.2) is 4.98 Å². The number of halogens is 1. The van der Waals surface area contributed by atoms with Crippen molar-refractivity contribution in [3.8, 4) is 0 Å². The molecular formula is C13H14FN. The zero-order chi connectivity index (χ0) is 10.8. The molecule has 0 radical (unpaired) electrons. The molecular weight excluding hydrogens is 189 g/mol. The van der Waals surface area contributed by atoms with Crippen molar-refractivity contribution in [1.29, 1.82) is 0 Å². The molecule has 2 aromatic rings. The van der Waals surface area contributed by atoms with Gasteiger partial charge in [-0.05, 0) is 30.5 Å². The molecule has 0 atom stereocenters. The first-order valence-corrected chi connectivity index (χ1v) is 5.32. The maximum Gasteiger partial charge on any atom is 0.128 e. The highest BCUT2D eigenvalue weighted by atomic mass is 19.1. The van der Waals surface area contributed by atoms with E-state index in [0.717, 1.165) is 35.0 Å². The van der Waals surface area contributed by atoms with E-state index in [-0.39, 0.29) is 5.82 Å². The number of hydrogen-bond donors (Lipinski definition) is 0. The first kappa shape index (κ1) is 10.1. The van der Waals surface area contributed by atoms with E-state index in [0.29, 0.717) is 0 Å². The van der Waals surface area contributed by atoms with Gasteiger partial charge in [-0.3, -0.25) is 4.98 Å². The maximum absolute atomic E-state index is 13.5. The lowest BCUT2D eigenvalue weighted by molar-refractivity contribution is 0.614. The summed E-state index contributed by atoms with van der Waals surface area (Å²) in [5.74, 6) is -0.147. The van der Waals surface area contributed by atoms with Gasteiger partial charge in [0.2, 0.25) is 0 Å². The second-order valence-corrected chi connectivity index (χ2v) is 3.65. The van der Waals surface area contributed by atoms with Crippen LogP contribution in [0.3, 0.4) is 0 Å². The van der Waals surface area contributed by atoms with Crippen molar-refractivity contribution in [2.75, 3.05) is 0 Å². The lowest BCUT2D eigenvalue weighted by atomic mass is 10.1. The van der Waals surface area contributed by atoms with Crippen molar-refractivity contribution >= 4 is 10.9 Å². The van der Waals surface area contributed by atoms with E-state index in [4.69, 9.17) is 0 Å². The molecule has 0 spiro atoms. The lowest BCUT2D eigenvalue weighted by Gasteiger charge is -2.04. The Kier molecular flexibility index (Phi) is 2.67. The van der Waals surface area contributed by atoms with Crippen molar-refractivity contribution in [3.05, 3.63) is 41.3 Å². The van der Waals surface area contributed by atoms with Crippen molar-refractivity contribution in [1.82, 2.24) is 4.98 Å².